The number of anilines is 1. The summed E-state index contributed by atoms with van der Waals surface area (Å²) in [5.41, 5.74) is 3.73. The van der Waals surface area contributed by atoms with Crippen molar-refractivity contribution in [3.8, 4) is 0 Å². The number of nitrogens with one attached hydrogen (secondary N) is 2. The second kappa shape index (κ2) is 10.1. The molecule has 1 aliphatic heterocycles. The molecule has 0 spiro atoms. The lowest BCUT2D eigenvalue weighted by molar-refractivity contribution is 0.106. The molecule has 0 aromatic heterocycles. The highest BCUT2D eigenvalue weighted by molar-refractivity contribution is 5.80. The highest BCUT2D eigenvalue weighted by Crippen LogP contribution is 2.24. The van der Waals surface area contributed by atoms with Crippen LogP contribution in [0.2, 0.25) is 0 Å². The molecule has 2 aromatic rings. The van der Waals surface area contributed by atoms with E-state index in [1.807, 2.05) is 18.2 Å². The van der Waals surface area contributed by atoms with Crippen LogP contribution in [0.25, 0.3) is 0 Å². The molecule has 5 nitrogen and oxygen atoms in total. The van der Waals surface area contributed by atoms with Gasteiger partial charge >= 0.3 is 0 Å². The number of benzene rings is 2. The number of aliphatic imine (C=N–C) groups is 1. The summed E-state index contributed by atoms with van der Waals surface area (Å²) in [7, 11) is 3.54. The molecule has 3 rings (SSSR count). The van der Waals surface area contributed by atoms with Crippen molar-refractivity contribution in [3.63, 3.8) is 0 Å². The number of methoxy groups -OCH3 is 1. The average Bonchev–Trinajstić information content (AvgIpc) is 3.29. The lowest BCUT2D eigenvalue weighted by Gasteiger charge is -2.23. The third-order valence-electron chi connectivity index (χ3n) is 5.33. The quantitative estimate of drug-likeness (QED) is 0.565. The molecular formula is C23H32N4O. The van der Waals surface area contributed by atoms with Gasteiger partial charge in [0, 0.05) is 39.5 Å². The summed E-state index contributed by atoms with van der Waals surface area (Å²) >= 11 is 0. The predicted molar refractivity (Wildman–Crippen MR) is 117 cm³/mol. The second-order valence-corrected chi connectivity index (χ2v) is 7.24. The average molecular weight is 381 g/mol. The van der Waals surface area contributed by atoms with Crippen molar-refractivity contribution in [3.05, 3.63) is 65.7 Å². The molecule has 28 heavy (non-hydrogen) atoms. The number of ether oxygens (including phenoxy) is 1. The minimum atomic E-state index is -0.0199. The molecule has 2 atom stereocenters. The minimum Gasteiger partial charge on any atom is -0.375 e. The lowest BCUT2D eigenvalue weighted by atomic mass is 10.1. The molecule has 1 aliphatic rings. The summed E-state index contributed by atoms with van der Waals surface area (Å²) in [6.07, 6.45) is 2.56. The van der Waals surface area contributed by atoms with Crippen molar-refractivity contribution in [1.82, 2.24) is 10.6 Å². The van der Waals surface area contributed by atoms with E-state index >= 15 is 0 Å². The van der Waals surface area contributed by atoms with Crippen molar-refractivity contribution in [2.24, 2.45) is 4.99 Å². The Hall–Kier alpha value is -2.53. The monoisotopic (exact) mass is 380 g/mol. The largest absolute Gasteiger partial charge is 0.375 e. The van der Waals surface area contributed by atoms with Crippen molar-refractivity contribution in [1.29, 1.82) is 0 Å². The topological polar surface area (TPSA) is 48.9 Å². The molecular weight excluding hydrogens is 348 g/mol. The van der Waals surface area contributed by atoms with Gasteiger partial charge in [-0.05, 0) is 43.0 Å². The van der Waals surface area contributed by atoms with Crippen LogP contribution >= 0.6 is 0 Å². The number of nitrogens with zero attached hydrogens (tertiary/aromatic N) is 2. The van der Waals surface area contributed by atoms with E-state index in [0.717, 1.165) is 24.6 Å². The van der Waals surface area contributed by atoms with Gasteiger partial charge < -0.3 is 20.3 Å². The van der Waals surface area contributed by atoms with Gasteiger partial charge in [-0.15, -0.1) is 0 Å². The summed E-state index contributed by atoms with van der Waals surface area (Å²) in [4.78, 5) is 6.85. The van der Waals surface area contributed by atoms with Crippen LogP contribution in [0.15, 0.2) is 59.6 Å². The first kappa shape index (κ1) is 20.2. The number of hydrogen-bond acceptors (Lipinski definition) is 3. The fourth-order valence-corrected chi connectivity index (χ4v) is 3.64. The summed E-state index contributed by atoms with van der Waals surface area (Å²) in [5.74, 6) is 0.775. The summed E-state index contributed by atoms with van der Waals surface area (Å²) in [6, 6.07) is 19.2. The first-order chi connectivity index (χ1) is 13.7. The van der Waals surface area contributed by atoms with Crippen LogP contribution in [0, 0.1) is 0 Å². The van der Waals surface area contributed by atoms with Crippen molar-refractivity contribution >= 4 is 11.6 Å². The van der Waals surface area contributed by atoms with E-state index in [4.69, 9.17) is 4.74 Å². The van der Waals surface area contributed by atoms with Gasteiger partial charge in [0.1, 0.15) is 0 Å². The van der Waals surface area contributed by atoms with E-state index in [1.54, 1.807) is 14.2 Å². The maximum absolute atomic E-state index is 5.64. The smallest absolute Gasteiger partial charge is 0.191 e. The Morgan fingerprint density at radius 3 is 2.46 bits per heavy atom. The van der Waals surface area contributed by atoms with E-state index in [-0.39, 0.29) is 12.1 Å². The Bertz CT molecular complexity index is 756. The second-order valence-electron chi connectivity index (χ2n) is 7.24. The van der Waals surface area contributed by atoms with Gasteiger partial charge in [0.15, 0.2) is 5.96 Å². The number of rotatable bonds is 7. The van der Waals surface area contributed by atoms with Crippen LogP contribution in [0.3, 0.4) is 0 Å². The molecule has 1 saturated heterocycles. The molecule has 0 saturated carbocycles. The molecule has 0 aliphatic carbocycles. The Kier molecular flexibility index (Phi) is 7.31. The van der Waals surface area contributed by atoms with Gasteiger partial charge in [-0.2, -0.15) is 0 Å². The van der Waals surface area contributed by atoms with Crippen LogP contribution in [-0.4, -0.2) is 39.8 Å². The molecule has 2 N–H and O–H groups in total. The van der Waals surface area contributed by atoms with Crippen LogP contribution in [0.5, 0.6) is 0 Å². The maximum Gasteiger partial charge on any atom is 0.191 e. The summed E-state index contributed by atoms with van der Waals surface area (Å²) < 4.78 is 5.64. The van der Waals surface area contributed by atoms with Crippen LogP contribution in [0.4, 0.5) is 5.69 Å². The van der Waals surface area contributed by atoms with Gasteiger partial charge in [0.25, 0.3) is 0 Å². The SMILES string of the molecule is CN=C(NCC(OC)c1ccccc1)NC(C)c1cccc(N2CCCC2)c1. The summed E-state index contributed by atoms with van der Waals surface area (Å²) in [6.45, 7) is 5.14. The van der Waals surface area contributed by atoms with Gasteiger partial charge in [0.2, 0.25) is 0 Å². The Balaban J connectivity index is 1.59. The van der Waals surface area contributed by atoms with Gasteiger partial charge in [-0.3, -0.25) is 4.99 Å². The molecule has 2 unspecified atom stereocenters. The standard InChI is InChI=1S/C23H32N4O/c1-18(20-12-9-13-21(16-20)27-14-7-8-15-27)26-23(24-2)25-17-22(28-3)19-10-5-4-6-11-19/h4-6,9-13,16,18,22H,7-8,14-15,17H2,1-3H3,(H2,24,25,26). The molecule has 2 aromatic carbocycles. The molecule has 0 radical (unpaired) electrons. The zero-order valence-electron chi connectivity index (χ0n) is 17.2. The molecule has 150 valence electrons. The third-order valence-corrected chi connectivity index (χ3v) is 5.33. The Morgan fingerprint density at radius 2 is 1.79 bits per heavy atom. The van der Waals surface area contributed by atoms with E-state index in [0.29, 0.717) is 6.54 Å². The van der Waals surface area contributed by atoms with E-state index < -0.39 is 0 Å². The highest BCUT2D eigenvalue weighted by Gasteiger charge is 2.15. The van der Waals surface area contributed by atoms with Crippen LogP contribution in [0.1, 0.15) is 43.0 Å². The molecule has 1 heterocycles. The fraction of sp³-hybridized carbons (Fsp3) is 0.435. The zero-order chi connectivity index (χ0) is 19.8. The molecule has 1 fully saturated rings. The fourth-order valence-electron chi connectivity index (χ4n) is 3.64. The van der Waals surface area contributed by atoms with Crippen molar-refractivity contribution in [2.45, 2.75) is 31.9 Å². The van der Waals surface area contributed by atoms with Gasteiger partial charge in [0.05, 0.1) is 12.1 Å². The first-order valence-electron chi connectivity index (χ1n) is 10.1. The number of guanidine groups is 1. The lowest BCUT2D eigenvalue weighted by Crippen LogP contribution is -2.40. The Morgan fingerprint density at radius 1 is 1.07 bits per heavy atom. The zero-order valence-corrected chi connectivity index (χ0v) is 17.2. The van der Waals surface area contributed by atoms with E-state index in [9.17, 15) is 0 Å². The molecule has 0 amide bonds. The highest BCUT2D eigenvalue weighted by atomic mass is 16.5. The van der Waals surface area contributed by atoms with Crippen LogP contribution in [-0.2, 0) is 4.74 Å². The predicted octanol–water partition coefficient (Wildman–Crippen LogP) is 3.90. The maximum atomic E-state index is 5.64. The number of hydrogen-bond donors (Lipinski definition) is 2. The molecule has 5 heteroatoms. The minimum absolute atomic E-state index is 0.0199. The normalized spacial score (nSPS) is 16.7. The first-order valence-corrected chi connectivity index (χ1v) is 10.1. The molecule has 0 bridgehead atoms. The van der Waals surface area contributed by atoms with Gasteiger partial charge in [-0.1, -0.05) is 42.5 Å². The van der Waals surface area contributed by atoms with Crippen molar-refractivity contribution < 1.29 is 4.74 Å². The van der Waals surface area contributed by atoms with E-state index in [1.165, 1.54) is 24.1 Å². The van der Waals surface area contributed by atoms with Crippen molar-refractivity contribution in [2.75, 3.05) is 38.7 Å². The summed E-state index contributed by atoms with van der Waals surface area (Å²) in [5, 5.41) is 6.89. The van der Waals surface area contributed by atoms with Crippen LogP contribution < -0.4 is 15.5 Å². The van der Waals surface area contributed by atoms with E-state index in [2.05, 4.69) is 63.8 Å². The Labute approximate surface area is 168 Å². The third kappa shape index (κ3) is 5.26. The van der Waals surface area contributed by atoms with Gasteiger partial charge in [-0.25, -0.2) is 0 Å².